The first-order chi connectivity index (χ1) is 7.17. The Morgan fingerprint density at radius 2 is 2.33 bits per heavy atom. The monoisotopic (exact) mass is 210 g/mol. The summed E-state index contributed by atoms with van der Waals surface area (Å²) in [7, 11) is 3.54. The van der Waals surface area contributed by atoms with E-state index < -0.39 is 0 Å². The Balaban J connectivity index is 2.68. The quantitative estimate of drug-likeness (QED) is 0.767. The van der Waals surface area contributed by atoms with Gasteiger partial charge in [-0.1, -0.05) is 6.92 Å². The Morgan fingerprint density at radius 3 is 2.93 bits per heavy atom. The number of methoxy groups -OCH3 is 1. The zero-order valence-corrected chi connectivity index (χ0v) is 9.47. The van der Waals surface area contributed by atoms with E-state index >= 15 is 0 Å². The van der Waals surface area contributed by atoms with E-state index in [4.69, 9.17) is 10.5 Å². The van der Waals surface area contributed by atoms with E-state index in [0.29, 0.717) is 24.3 Å². The SMILES string of the molecule is COc1ccnc(N(C)CC(C)CN)n1. The lowest BCUT2D eigenvalue weighted by molar-refractivity contribution is 0.396. The fourth-order valence-electron chi connectivity index (χ4n) is 1.25. The summed E-state index contributed by atoms with van der Waals surface area (Å²) in [5, 5.41) is 0. The van der Waals surface area contributed by atoms with Gasteiger partial charge in [-0.25, -0.2) is 4.98 Å². The number of rotatable bonds is 5. The maximum atomic E-state index is 5.56. The normalized spacial score (nSPS) is 12.3. The summed E-state index contributed by atoms with van der Waals surface area (Å²) in [5.74, 6) is 1.66. The summed E-state index contributed by atoms with van der Waals surface area (Å²) in [5.41, 5.74) is 5.56. The lowest BCUT2D eigenvalue weighted by atomic mass is 10.2. The number of nitrogens with two attached hydrogens (primary N) is 1. The number of nitrogens with zero attached hydrogens (tertiary/aromatic N) is 3. The number of hydrogen-bond acceptors (Lipinski definition) is 5. The van der Waals surface area contributed by atoms with E-state index in [1.807, 2.05) is 11.9 Å². The first-order valence-electron chi connectivity index (χ1n) is 4.95. The predicted molar refractivity (Wildman–Crippen MR) is 60.1 cm³/mol. The van der Waals surface area contributed by atoms with Gasteiger partial charge in [0.05, 0.1) is 7.11 Å². The van der Waals surface area contributed by atoms with Crippen LogP contribution in [-0.4, -0.2) is 37.2 Å². The number of hydrogen-bond donors (Lipinski definition) is 1. The van der Waals surface area contributed by atoms with E-state index in [9.17, 15) is 0 Å². The molecule has 1 heterocycles. The van der Waals surface area contributed by atoms with Crippen molar-refractivity contribution in [2.45, 2.75) is 6.92 Å². The molecule has 1 unspecified atom stereocenters. The second kappa shape index (κ2) is 5.50. The van der Waals surface area contributed by atoms with E-state index in [2.05, 4.69) is 16.9 Å². The Bertz CT molecular complexity index is 305. The molecular weight excluding hydrogens is 192 g/mol. The summed E-state index contributed by atoms with van der Waals surface area (Å²) in [4.78, 5) is 10.4. The molecule has 5 nitrogen and oxygen atoms in total. The second-order valence-corrected chi connectivity index (χ2v) is 3.62. The van der Waals surface area contributed by atoms with Crippen LogP contribution in [0.5, 0.6) is 5.88 Å². The Labute approximate surface area is 90.3 Å². The lowest BCUT2D eigenvalue weighted by Crippen LogP contribution is -2.29. The Hall–Kier alpha value is -1.36. The van der Waals surface area contributed by atoms with Crippen LogP contribution < -0.4 is 15.4 Å². The van der Waals surface area contributed by atoms with Gasteiger partial charge in [0.2, 0.25) is 11.8 Å². The molecule has 0 radical (unpaired) electrons. The zero-order valence-electron chi connectivity index (χ0n) is 9.47. The van der Waals surface area contributed by atoms with Crippen LogP contribution in [0, 0.1) is 5.92 Å². The first-order valence-corrected chi connectivity index (χ1v) is 4.95. The molecule has 15 heavy (non-hydrogen) atoms. The third-order valence-corrected chi connectivity index (χ3v) is 2.16. The van der Waals surface area contributed by atoms with E-state index in [-0.39, 0.29) is 0 Å². The Morgan fingerprint density at radius 1 is 1.60 bits per heavy atom. The van der Waals surface area contributed by atoms with Crippen molar-refractivity contribution in [2.75, 3.05) is 32.1 Å². The molecule has 0 bridgehead atoms. The summed E-state index contributed by atoms with van der Waals surface area (Å²) in [6, 6.07) is 1.73. The van der Waals surface area contributed by atoms with Crippen molar-refractivity contribution in [3.8, 4) is 5.88 Å². The molecule has 1 atom stereocenters. The van der Waals surface area contributed by atoms with Gasteiger partial charge in [0, 0.05) is 25.9 Å². The third-order valence-electron chi connectivity index (χ3n) is 2.16. The first kappa shape index (κ1) is 11.7. The van der Waals surface area contributed by atoms with Gasteiger partial charge in [0.1, 0.15) is 0 Å². The Kier molecular flexibility index (Phi) is 4.30. The van der Waals surface area contributed by atoms with Crippen LogP contribution in [0.3, 0.4) is 0 Å². The lowest BCUT2D eigenvalue weighted by Gasteiger charge is -2.20. The van der Waals surface area contributed by atoms with Crippen LogP contribution >= 0.6 is 0 Å². The van der Waals surface area contributed by atoms with Crippen LogP contribution in [0.1, 0.15) is 6.92 Å². The van der Waals surface area contributed by atoms with Crippen molar-refractivity contribution < 1.29 is 4.74 Å². The second-order valence-electron chi connectivity index (χ2n) is 3.62. The highest BCUT2D eigenvalue weighted by atomic mass is 16.5. The van der Waals surface area contributed by atoms with Crippen molar-refractivity contribution in [1.29, 1.82) is 0 Å². The summed E-state index contributed by atoms with van der Waals surface area (Å²) < 4.78 is 5.03. The predicted octanol–water partition coefficient (Wildman–Crippen LogP) is 0.516. The van der Waals surface area contributed by atoms with Crippen LogP contribution in [0.4, 0.5) is 5.95 Å². The molecule has 0 fully saturated rings. The van der Waals surface area contributed by atoms with Crippen molar-refractivity contribution in [3.05, 3.63) is 12.3 Å². The largest absolute Gasteiger partial charge is 0.481 e. The summed E-state index contributed by atoms with van der Waals surface area (Å²) >= 11 is 0. The van der Waals surface area contributed by atoms with Gasteiger partial charge in [-0.2, -0.15) is 4.98 Å². The van der Waals surface area contributed by atoms with Gasteiger partial charge in [-0.3, -0.25) is 0 Å². The third kappa shape index (κ3) is 3.36. The minimum atomic E-state index is 0.421. The number of ether oxygens (including phenoxy) is 1. The summed E-state index contributed by atoms with van der Waals surface area (Å²) in [6.07, 6.45) is 1.69. The highest BCUT2D eigenvalue weighted by molar-refractivity contribution is 5.30. The highest BCUT2D eigenvalue weighted by Gasteiger charge is 2.08. The van der Waals surface area contributed by atoms with Gasteiger partial charge >= 0.3 is 0 Å². The molecule has 84 valence electrons. The molecule has 1 aromatic heterocycles. The molecule has 1 aromatic rings. The molecule has 0 amide bonds. The van der Waals surface area contributed by atoms with Gasteiger partial charge in [-0.05, 0) is 12.5 Å². The van der Waals surface area contributed by atoms with Gasteiger partial charge in [-0.15, -0.1) is 0 Å². The fraction of sp³-hybridized carbons (Fsp3) is 0.600. The average molecular weight is 210 g/mol. The van der Waals surface area contributed by atoms with Crippen LogP contribution in [-0.2, 0) is 0 Å². The molecule has 0 aromatic carbocycles. The van der Waals surface area contributed by atoms with E-state index in [1.165, 1.54) is 0 Å². The zero-order chi connectivity index (χ0) is 11.3. The molecule has 5 heteroatoms. The number of aromatic nitrogens is 2. The van der Waals surface area contributed by atoms with Crippen molar-refractivity contribution in [3.63, 3.8) is 0 Å². The maximum Gasteiger partial charge on any atom is 0.228 e. The van der Waals surface area contributed by atoms with Crippen molar-refractivity contribution in [2.24, 2.45) is 11.7 Å². The van der Waals surface area contributed by atoms with Crippen LogP contribution in [0.15, 0.2) is 12.3 Å². The molecular formula is C10H18N4O. The highest BCUT2D eigenvalue weighted by Crippen LogP contribution is 2.11. The molecule has 2 N–H and O–H groups in total. The fourth-order valence-corrected chi connectivity index (χ4v) is 1.25. The average Bonchev–Trinajstić information content (AvgIpc) is 2.28. The molecule has 0 saturated heterocycles. The minimum Gasteiger partial charge on any atom is -0.481 e. The van der Waals surface area contributed by atoms with Crippen LogP contribution in [0.25, 0.3) is 0 Å². The van der Waals surface area contributed by atoms with E-state index in [0.717, 1.165) is 6.54 Å². The molecule has 0 spiro atoms. The van der Waals surface area contributed by atoms with Crippen LogP contribution in [0.2, 0.25) is 0 Å². The van der Waals surface area contributed by atoms with Gasteiger partial charge in [0.15, 0.2) is 0 Å². The molecule has 0 aliphatic rings. The maximum absolute atomic E-state index is 5.56. The van der Waals surface area contributed by atoms with Gasteiger partial charge < -0.3 is 15.4 Å². The summed E-state index contributed by atoms with van der Waals surface area (Å²) in [6.45, 7) is 3.59. The van der Waals surface area contributed by atoms with Crippen molar-refractivity contribution in [1.82, 2.24) is 9.97 Å². The molecule has 0 aliphatic carbocycles. The standard InChI is InChI=1S/C10H18N4O/c1-8(6-11)7-14(2)10-12-5-4-9(13-10)15-3/h4-5,8H,6-7,11H2,1-3H3. The minimum absolute atomic E-state index is 0.421. The number of anilines is 1. The smallest absolute Gasteiger partial charge is 0.228 e. The molecule has 1 rings (SSSR count). The van der Waals surface area contributed by atoms with E-state index in [1.54, 1.807) is 19.4 Å². The molecule has 0 saturated carbocycles. The van der Waals surface area contributed by atoms with Crippen molar-refractivity contribution >= 4 is 5.95 Å². The van der Waals surface area contributed by atoms with Gasteiger partial charge in [0.25, 0.3) is 0 Å². The topological polar surface area (TPSA) is 64.3 Å². The molecule has 0 aliphatic heterocycles.